The molecule has 0 spiro atoms. The summed E-state index contributed by atoms with van der Waals surface area (Å²) >= 11 is 0. The monoisotopic (exact) mass is 325 g/mol. The van der Waals surface area contributed by atoms with Gasteiger partial charge in [0.25, 0.3) is 5.69 Å². The second kappa shape index (κ2) is 6.49. The topological polar surface area (TPSA) is 84.7 Å². The Balaban J connectivity index is 2.22. The number of rotatable bonds is 2. The van der Waals surface area contributed by atoms with E-state index in [1.807, 2.05) is 0 Å². The summed E-state index contributed by atoms with van der Waals surface area (Å²) in [6, 6.07) is 3.08. The van der Waals surface area contributed by atoms with Crippen molar-refractivity contribution in [3.8, 4) is 0 Å². The largest absolute Gasteiger partial charge is 0.444 e. The van der Waals surface area contributed by atoms with Gasteiger partial charge < -0.3 is 15.0 Å². The van der Waals surface area contributed by atoms with Crippen molar-refractivity contribution in [3.63, 3.8) is 0 Å². The van der Waals surface area contributed by atoms with Gasteiger partial charge in [0.15, 0.2) is 0 Å². The number of halogens is 1. The lowest BCUT2D eigenvalue weighted by Crippen LogP contribution is -2.50. The van der Waals surface area contributed by atoms with Crippen LogP contribution in [0.2, 0.25) is 0 Å². The first-order valence-electron chi connectivity index (χ1n) is 7.33. The molecule has 1 amide bonds. The van der Waals surface area contributed by atoms with Gasteiger partial charge in [-0.1, -0.05) is 6.07 Å². The summed E-state index contributed by atoms with van der Waals surface area (Å²) in [6.07, 6.45) is -0.511. The first-order valence-corrected chi connectivity index (χ1v) is 7.33. The van der Waals surface area contributed by atoms with Crippen LogP contribution in [0.5, 0.6) is 0 Å². The van der Waals surface area contributed by atoms with Gasteiger partial charge in [-0.05, 0) is 26.8 Å². The highest BCUT2D eigenvalue weighted by Crippen LogP contribution is 2.30. The maximum Gasteiger partial charge on any atom is 0.410 e. The van der Waals surface area contributed by atoms with Crippen LogP contribution in [0.4, 0.5) is 14.9 Å². The molecule has 0 bridgehead atoms. The molecule has 1 N–H and O–H groups in total. The summed E-state index contributed by atoms with van der Waals surface area (Å²) in [7, 11) is 0. The molecule has 1 atom stereocenters. The highest BCUT2D eigenvalue weighted by atomic mass is 19.1. The number of nitro groups is 1. The molecule has 1 aromatic rings. The number of piperazine rings is 1. The lowest BCUT2D eigenvalue weighted by molar-refractivity contribution is -0.386. The standard InChI is InChI=1S/C15H20FN3O4/c1-15(2,3)23-14(20)18-8-7-17-11(9-18)13-10(16)5-4-6-12(13)19(21)22/h4-6,11,17H,7-9H2,1-3H3. The van der Waals surface area contributed by atoms with Crippen molar-refractivity contribution in [1.82, 2.24) is 10.2 Å². The minimum Gasteiger partial charge on any atom is -0.444 e. The molecule has 8 heteroatoms. The Bertz CT molecular complexity index is 615. The SMILES string of the molecule is CC(C)(C)OC(=O)N1CCNC(c2c(F)cccc2[N+](=O)[O-])C1. The number of nitrogens with one attached hydrogen (secondary N) is 1. The average molecular weight is 325 g/mol. The number of amides is 1. The van der Waals surface area contributed by atoms with E-state index >= 15 is 0 Å². The van der Waals surface area contributed by atoms with Crippen LogP contribution < -0.4 is 5.32 Å². The van der Waals surface area contributed by atoms with Gasteiger partial charge in [0.05, 0.1) is 16.5 Å². The van der Waals surface area contributed by atoms with Gasteiger partial charge in [-0.25, -0.2) is 9.18 Å². The normalized spacial score (nSPS) is 18.6. The fraction of sp³-hybridized carbons (Fsp3) is 0.533. The van der Waals surface area contributed by atoms with Crippen molar-refractivity contribution in [1.29, 1.82) is 0 Å². The molecular weight excluding hydrogens is 305 g/mol. The second-order valence-electron chi connectivity index (χ2n) is 6.36. The fourth-order valence-corrected chi connectivity index (χ4v) is 2.47. The third-order valence-corrected chi connectivity index (χ3v) is 3.40. The molecule has 2 rings (SSSR count). The third-order valence-electron chi connectivity index (χ3n) is 3.40. The first-order chi connectivity index (χ1) is 10.7. The van der Waals surface area contributed by atoms with Gasteiger partial charge >= 0.3 is 6.09 Å². The third kappa shape index (κ3) is 4.16. The maximum atomic E-state index is 14.1. The van der Waals surface area contributed by atoms with Crippen LogP contribution in [-0.2, 0) is 4.74 Å². The molecule has 0 aliphatic carbocycles. The van der Waals surface area contributed by atoms with Gasteiger partial charge in [-0.15, -0.1) is 0 Å². The van der Waals surface area contributed by atoms with Crippen LogP contribution >= 0.6 is 0 Å². The molecule has 1 unspecified atom stereocenters. The Kier molecular flexibility index (Phi) is 4.84. The number of carbonyl (C=O) groups excluding carboxylic acids is 1. The molecule has 0 saturated carbocycles. The predicted octanol–water partition coefficient (Wildman–Crippen LogP) is 2.62. The van der Waals surface area contributed by atoms with Crippen molar-refractivity contribution in [2.45, 2.75) is 32.4 Å². The van der Waals surface area contributed by atoms with Crippen LogP contribution in [0.25, 0.3) is 0 Å². The molecule has 1 aromatic carbocycles. The Morgan fingerprint density at radius 2 is 2.17 bits per heavy atom. The van der Waals surface area contributed by atoms with Gasteiger partial charge in [-0.2, -0.15) is 0 Å². The summed E-state index contributed by atoms with van der Waals surface area (Å²) in [5, 5.41) is 14.2. The summed E-state index contributed by atoms with van der Waals surface area (Å²) in [4.78, 5) is 24.1. The zero-order valence-electron chi connectivity index (χ0n) is 13.3. The maximum absolute atomic E-state index is 14.1. The fourth-order valence-electron chi connectivity index (χ4n) is 2.47. The average Bonchev–Trinajstić information content (AvgIpc) is 2.45. The van der Waals surface area contributed by atoms with Crippen molar-refractivity contribution in [2.24, 2.45) is 0 Å². The summed E-state index contributed by atoms with van der Waals surface area (Å²) < 4.78 is 19.4. The molecule has 1 fully saturated rings. The van der Waals surface area contributed by atoms with Crippen LogP contribution in [0.15, 0.2) is 18.2 Å². The zero-order valence-corrected chi connectivity index (χ0v) is 13.3. The van der Waals surface area contributed by atoms with E-state index in [0.717, 1.165) is 0 Å². The van der Waals surface area contributed by atoms with E-state index in [0.29, 0.717) is 13.1 Å². The van der Waals surface area contributed by atoms with E-state index in [4.69, 9.17) is 4.74 Å². The zero-order chi connectivity index (χ0) is 17.2. The van der Waals surface area contributed by atoms with E-state index in [-0.39, 0.29) is 17.8 Å². The van der Waals surface area contributed by atoms with Gasteiger partial charge in [-0.3, -0.25) is 10.1 Å². The number of benzene rings is 1. The number of nitrogens with zero attached hydrogens (tertiary/aromatic N) is 2. The van der Waals surface area contributed by atoms with Gasteiger partial charge in [0.2, 0.25) is 0 Å². The molecule has 1 aliphatic rings. The molecule has 1 aliphatic heterocycles. The van der Waals surface area contributed by atoms with E-state index in [1.54, 1.807) is 20.8 Å². The Labute approximate surface area is 133 Å². The van der Waals surface area contributed by atoms with Crippen LogP contribution in [-0.4, -0.2) is 41.2 Å². The van der Waals surface area contributed by atoms with Crippen LogP contribution in [0, 0.1) is 15.9 Å². The number of nitro benzene ring substituents is 1. The first kappa shape index (κ1) is 17.1. The molecule has 0 aromatic heterocycles. The number of hydrogen-bond donors (Lipinski definition) is 1. The quantitative estimate of drug-likeness (QED) is 0.667. The second-order valence-corrected chi connectivity index (χ2v) is 6.36. The Hall–Kier alpha value is -2.22. The van der Waals surface area contributed by atoms with Crippen molar-refractivity contribution >= 4 is 11.8 Å². The molecule has 0 radical (unpaired) electrons. The van der Waals surface area contributed by atoms with E-state index < -0.39 is 28.5 Å². The summed E-state index contributed by atoms with van der Waals surface area (Å²) in [5.41, 5.74) is -0.971. The summed E-state index contributed by atoms with van der Waals surface area (Å²) in [5.74, 6) is -0.664. The Morgan fingerprint density at radius 3 is 2.78 bits per heavy atom. The molecule has 7 nitrogen and oxygen atoms in total. The van der Waals surface area contributed by atoms with E-state index in [9.17, 15) is 19.3 Å². The lowest BCUT2D eigenvalue weighted by Gasteiger charge is -2.34. The minimum absolute atomic E-state index is 0.0363. The van der Waals surface area contributed by atoms with E-state index in [1.165, 1.54) is 23.1 Å². The molecular formula is C15H20FN3O4. The van der Waals surface area contributed by atoms with Gasteiger partial charge in [0.1, 0.15) is 11.4 Å². The smallest absolute Gasteiger partial charge is 0.410 e. The molecule has 23 heavy (non-hydrogen) atoms. The van der Waals surface area contributed by atoms with E-state index in [2.05, 4.69) is 5.32 Å². The lowest BCUT2D eigenvalue weighted by atomic mass is 10.0. The van der Waals surface area contributed by atoms with Crippen molar-refractivity contribution in [2.75, 3.05) is 19.6 Å². The molecule has 126 valence electrons. The Morgan fingerprint density at radius 1 is 1.48 bits per heavy atom. The van der Waals surface area contributed by atoms with Crippen molar-refractivity contribution in [3.05, 3.63) is 39.7 Å². The minimum atomic E-state index is -0.664. The molecule has 1 saturated heterocycles. The van der Waals surface area contributed by atoms with Crippen LogP contribution in [0.3, 0.4) is 0 Å². The van der Waals surface area contributed by atoms with Crippen LogP contribution in [0.1, 0.15) is 32.4 Å². The predicted molar refractivity (Wildman–Crippen MR) is 81.6 cm³/mol. The highest BCUT2D eigenvalue weighted by molar-refractivity contribution is 5.68. The van der Waals surface area contributed by atoms with Gasteiger partial charge in [0, 0.05) is 25.7 Å². The number of hydrogen-bond acceptors (Lipinski definition) is 5. The van der Waals surface area contributed by atoms with Crippen molar-refractivity contribution < 1.29 is 18.8 Å². The number of carbonyl (C=O) groups is 1. The number of ether oxygens (including phenoxy) is 1. The highest BCUT2D eigenvalue weighted by Gasteiger charge is 2.33. The molecule has 1 heterocycles. The summed E-state index contributed by atoms with van der Waals surface area (Å²) in [6.45, 7) is 6.17.